The Morgan fingerprint density at radius 2 is 1.67 bits per heavy atom. The van der Waals surface area contributed by atoms with Crippen LogP contribution in [0.2, 0.25) is 0 Å². The molecule has 0 aliphatic carbocycles. The van der Waals surface area contributed by atoms with Gasteiger partial charge in [0.2, 0.25) is 11.8 Å². The Morgan fingerprint density at radius 3 is 2.21 bits per heavy atom. The van der Waals surface area contributed by atoms with Gasteiger partial charge in [-0.1, -0.05) is 18.2 Å². The van der Waals surface area contributed by atoms with Crippen LogP contribution < -0.4 is 9.80 Å². The monoisotopic (exact) mass is 332 g/mol. The summed E-state index contributed by atoms with van der Waals surface area (Å²) in [6.07, 6.45) is 0. The van der Waals surface area contributed by atoms with Gasteiger partial charge < -0.3 is 9.80 Å². The number of para-hydroxylation sites is 1. The molecule has 0 unspecified atom stereocenters. The highest BCUT2D eigenvalue weighted by atomic mass is 19.1. The minimum absolute atomic E-state index is 0.124. The van der Waals surface area contributed by atoms with Crippen LogP contribution in [0.1, 0.15) is 13.8 Å². The van der Waals surface area contributed by atoms with E-state index in [1.807, 2.05) is 13.0 Å². The van der Waals surface area contributed by atoms with Crippen molar-refractivity contribution in [3.05, 3.63) is 60.2 Å². The molecule has 0 fully saturated rings. The van der Waals surface area contributed by atoms with Gasteiger partial charge in [-0.25, -0.2) is 8.78 Å². The first kappa shape index (κ1) is 17.6. The molecule has 0 N–H and O–H groups in total. The fourth-order valence-corrected chi connectivity index (χ4v) is 2.40. The van der Waals surface area contributed by atoms with E-state index in [0.29, 0.717) is 18.3 Å². The van der Waals surface area contributed by atoms with Crippen LogP contribution >= 0.6 is 0 Å². The third-order valence-corrected chi connectivity index (χ3v) is 3.56. The summed E-state index contributed by atoms with van der Waals surface area (Å²) in [7, 11) is 0. The molecule has 126 valence electrons. The standard InChI is InChI=1S/C18H18F2N2O2/c1-3-21(15-7-5-4-6-8-15)18(24)12-22(13(2)23)17-10-9-14(19)11-16(17)20/h4-11H,3,12H2,1-2H3. The van der Waals surface area contributed by atoms with Gasteiger partial charge in [-0.2, -0.15) is 0 Å². The van der Waals surface area contributed by atoms with Gasteiger partial charge in [-0.05, 0) is 31.2 Å². The second kappa shape index (κ2) is 7.68. The summed E-state index contributed by atoms with van der Waals surface area (Å²) in [4.78, 5) is 26.9. The average molecular weight is 332 g/mol. The van der Waals surface area contributed by atoms with Gasteiger partial charge >= 0.3 is 0 Å². The summed E-state index contributed by atoms with van der Waals surface area (Å²) in [6, 6.07) is 11.9. The number of anilines is 2. The van der Waals surface area contributed by atoms with Crippen molar-refractivity contribution in [2.24, 2.45) is 0 Å². The van der Waals surface area contributed by atoms with Gasteiger partial charge in [0.25, 0.3) is 0 Å². The summed E-state index contributed by atoms with van der Waals surface area (Å²) in [5.74, 6) is -2.49. The zero-order valence-electron chi connectivity index (χ0n) is 13.5. The molecule has 0 atom stereocenters. The van der Waals surface area contributed by atoms with Crippen molar-refractivity contribution < 1.29 is 18.4 Å². The second-order valence-electron chi connectivity index (χ2n) is 5.17. The maximum absolute atomic E-state index is 14.0. The molecule has 4 nitrogen and oxygen atoms in total. The minimum atomic E-state index is -0.888. The van der Waals surface area contributed by atoms with Crippen molar-refractivity contribution in [2.45, 2.75) is 13.8 Å². The molecule has 6 heteroatoms. The highest BCUT2D eigenvalue weighted by Gasteiger charge is 2.23. The first-order valence-electron chi connectivity index (χ1n) is 7.52. The normalized spacial score (nSPS) is 10.3. The molecule has 2 aromatic carbocycles. The van der Waals surface area contributed by atoms with Gasteiger partial charge in [0.05, 0.1) is 5.69 Å². The molecule has 24 heavy (non-hydrogen) atoms. The third-order valence-electron chi connectivity index (χ3n) is 3.56. The molecule has 0 aliphatic heterocycles. The van der Waals surface area contributed by atoms with Crippen LogP contribution in [0.25, 0.3) is 0 Å². The topological polar surface area (TPSA) is 40.6 Å². The van der Waals surface area contributed by atoms with Crippen molar-refractivity contribution >= 4 is 23.2 Å². The van der Waals surface area contributed by atoms with E-state index in [4.69, 9.17) is 0 Å². The van der Waals surface area contributed by atoms with Crippen LogP contribution in [0.5, 0.6) is 0 Å². The SMILES string of the molecule is CCN(C(=O)CN(C(C)=O)c1ccc(F)cc1F)c1ccccc1. The van der Waals surface area contributed by atoms with E-state index < -0.39 is 17.5 Å². The van der Waals surface area contributed by atoms with Gasteiger partial charge in [-0.3, -0.25) is 9.59 Å². The third kappa shape index (κ3) is 3.95. The van der Waals surface area contributed by atoms with Gasteiger partial charge in [0.1, 0.15) is 18.2 Å². The Bertz CT molecular complexity index is 735. The molecular formula is C18H18F2N2O2. The Kier molecular flexibility index (Phi) is 5.63. The molecule has 0 heterocycles. The lowest BCUT2D eigenvalue weighted by molar-refractivity contribution is -0.121. The van der Waals surface area contributed by atoms with E-state index in [2.05, 4.69) is 0 Å². The van der Waals surface area contributed by atoms with Crippen LogP contribution in [0, 0.1) is 11.6 Å². The molecule has 2 aromatic rings. The van der Waals surface area contributed by atoms with Crippen LogP contribution in [-0.4, -0.2) is 24.9 Å². The summed E-state index contributed by atoms with van der Waals surface area (Å²) in [5.41, 5.74) is 0.564. The highest BCUT2D eigenvalue weighted by molar-refractivity contribution is 6.03. The molecule has 0 bridgehead atoms. The smallest absolute Gasteiger partial charge is 0.247 e. The van der Waals surface area contributed by atoms with Crippen molar-refractivity contribution in [3.8, 4) is 0 Å². The van der Waals surface area contributed by atoms with E-state index in [9.17, 15) is 18.4 Å². The lowest BCUT2D eigenvalue weighted by Crippen LogP contribution is -2.42. The molecule has 0 aliphatic rings. The molecule has 2 amide bonds. The van der Waals surface area contributed by atoms with Gasteiger partial charge in [0.15, 0.2) is 0 Å². The number of rotatable bonds is 5. The van der Waals surface area contributed by atoms with Gasteiger partial charge in [-0.15, -0.1) is 0 Å². The summed E-state index contributed by atoms with van der Waals surface area (Å²) >= 11 is 0. The number of amides is 2. The predicted molar refractivity (Wildman–Crippen MR) is 88.9 cm³/mol. The number of likely N-dealkylation sites (N-methyl/N-ethyl adjacent to an activating group) is 1. The molecule has 0 spiro atoms. The van der Waals surface area contributed by atoms with Crippen LogP contribution in [0.15, 0.2) is 48.5 Å². The lowest BCUT2D eigenvalue weighted by atomic mass is 10.2. The summed E-state index contributed by atoms with van der Waals surface area (Å²) in [5, 5.41) is 0. The van der Waals surface area contributed by atoms with Gasteiger partial charge in [0, 0.05) is 25.2 Å². The fraction of sp³-hybridized carbons (Fsp3) is 0.222. The second-order valence-corrected chi connectivity index (χ2v) is 5.17. The number of nitrogens with zero attached hydrogens (tertiary/aromatic N) is 2. The van der Waals surface area contributed by atoms with E-state index >= 15 is 0 Å². The van der Waals surface area contributed by atoms with E-state index in [1.54, 1.807) is 24.3 Å². The van der Waals surface area contributed by atoms with Crippen molar-refractivity contribution in [1.82, 2.24) is 0 Å². The Hall–Kier alpha value is -2.76. The van der Waals surface area contributed by atoms with Crippen LogP contribution in [-0.2, 0) is 9.59 Å². The first-order chi connectivity index (χ1) is 11.4. The van der Waals surface area contributed by atoms with Crippen molar-refractivity contribution in [3.63, 3.8) is 0 Å². The minimum Gasteiger partial charge on any atom is -0.311 e. The maximum atomic E-state index is 14.0. The fourth-order valence-electron chi connectivity index (χ4n) is 2.40. The lowest BCUT2D eigenvalue weighted by Gasteiger charge is -2.26. The Labute approximate surface area is 139 Å². The maximum Gasteiger partial charge on any atom is 0.247 e. The number of hydrogen-bond donors (Lipinski definition) is 0. The number of halogens is 2. The molecule has 0 radical (unpaired) electrons. The number of carbonyl (C=O) groups is 2. The van der Waals surface area contributed by atoms with Crippen LogP contribution in [0.4, 0.5) is 20.2 Å². The van der Waals surface area contributed by atoms with Crippen LogP contribution in [0.3, 0.4) is 0 Å². The summed E-state index contributed by atoms with van der Waals surface area (Å²) in [6.45, 7) is 3.11. The molecule has 0 saturated heterocycles. The average Bonchev–Trinajstić information content (AvgIpc) is 2.55. The quantitative estimate of drug-likeness (QED) is 0.842. The van der Waals surface area contributed by atoms with E-state index in [-0.39, 0.29) is 18.1 Å². The Balaban J connectivity index is 2.27. The van der Waals surface area contributed by atoms with Crippen molar-refractivity contribution in [1.29, 1.82) is 0 Å². The molecule has 0 saturated carbocycles. The summed E-state index contributed by atoms with van der Waals surface area (Å²) < 4.78 is 27.0. The molecule has 0 aromatic heterocycles. The highest BCUT2D eigenvalue weighted by Crippen LogP contribution is 2.21. The van der Waals surface area contributed by atoms with E-state index in [0.717, 1.165) is 17.0 Å². The zero-order chi connectivity index (χ0) is 17.7. The van der Waals surface area contributed by atoms with Crippen molar-refractivity contribution in [2.75, 3.05) is 22.9 Å². The molecule has 2 rings (SSSR count). The molecular weight excluding hydrogens is 314 g/mol. The number of carbonyl (C=O) groups excluding carboxylic acids is 2. The van der Waals surface area contributed by atoms with E-state index in [1.165, 1.54) is 11.8 Å². The Morgan fingerprint density at radius 1 is 1.00 bits per heavy atom. The number of hydrogen-bond acceptors (Lipinski definition) is 2. The zero-order valence-corrected chi connectivity index (χ0v) is 13.5. The largest absolute Gasteiger partial charge is 0.311 e. The predicted octanol–water partition coefficient (Wildman–Crippen LogP) is 3.37. The first-order valence-corrected chi connectivity index (χ1v) is 7.52. The number of benzene rings is 2.